The van der Waals surface area contributed by atoms with Crippen LogP contribution in [0, 0.1) is 0 Å². The Morgan fingerprint density at radius 2 is 2.00 bits per heavy atom. The summed E-state index contributed by atoms with van der Waals surface area (Å²) in [6.07, 6.45) is -0.574. The maximum absolute atomic E-state index is 11.4. The molecule has 0 aliphatic carbocycles. The second-order valence-corrected chi connectivity index (χ2v) is 3.96. The van der Waals surface area contributed by atoms with Crippen molar-refractivity contribution < 1.29 is 14.7 Å². The first kappa shape index (κ1) is 12.8. The van der Waals surface area contributed by atoms with Crippen molar-refractivity contribution >= 4 is 40.8 Å². The Morgan fingerprint density at radius 1 is 1.38 bits per heavy atom. The van der Waals surface area contributed by atoms with Crippen LogP contribution in [0.25, 0.3) is 0 Å². The van der Waals surface area contributed by atoms with Gasteiger partial charge in [0.25, 0.3) is 0 Å². The van der Waals surface area contributed by atoms with Gasteiger partial charge in [-0.25, -0.2) is 0 Å². The lowest BCUT2D eigenvalue weighted by Crippen LogP contribution is -2.28. The highest BCUT2D eigenvalue weighted by Gasteiger charge is 2.16. The zero-order valence-corrected chi connectivity index (χ0v) is 9.92. The number of rotatable bonds is 3. The van der Waals surface area contributed by atoms with Gasteiger partial charge >= 0.3 is 5.97 Å². The van der Waals surface area contributed by atoms with Crippen molar-refractivity contribution in [3.05, 3.63) is 28.2 Å². The summed E-state index contributed by atoms with van der Waals surface area (Å²) in [5.74, 6) is -1.72. The fraction of sp³-hybridized carbons (Fsp3) is 0.200. The molecule has 0 bridgehead atoms. The van der Waals surface area contributed by atoms with Crippen molar-refractivity contribution in [2.45, 2.75) is 6.42 Å². The summed E-state index contributed by atoms with van der Waals surface area (Å²) in [6, 6.07) is 4.63. The van der Waals surface area contributed by atoms with Crippen LogP contribution in [0.2, 0.25) is 10.0 Å². The van der Waals surface area contributed by atoms with Crippen LogP contribution in [0.15, 0.2) is 18.2 Å². The Kier molecular flexibility index (Phi) is 4.15. The van der Waals surface area contributed by atoms with E-state index in [4.69, 9.17) is 28.3 Å². The van der Waals surface area contributed by atoms with Gasteiger partial charge in [-0.15, -0.1) is 0 Å². The Morgan fingerprint density at radius 3 is 2.50 bits per heavy atom. The molecule has 0 aliphatic rings. The number of hydrogen-bond acceptors (Lipinski definition) is 2. The number of carboxylic acids is 1. The number of carbonyl (C=O) groups excluding carboxylic acids is 1. The van der Waals surface area contributed by atoms with Gasteiger partial charge in [0.15, 0.2) is 0 Å². The SMILES string of the molecule is CN(C(=O)CC(=O)O)c1ccc(Cl)cc1Cl. The molecule has 0 saturated carbocycles. The molecule has 0 unspecified atom stereocenters. The summed E-state index contributed by atoms with van der Waals surface area (Å²) in [4.78, 5) is 23.0. The minimum absolute atomic E-state index is 0.300. The number of aliphatic carboxylic acids is 1. The highest BCUT2D eigenvalue weighted by atomic mass is 35.5. The third-order valence-corrected chi connectivity index (χ3v) is 2.49. The maximum atomic E-state index is 11.4. The highest BCUT2D eigenvalue weighted by Crippen LogP contribution is 2.28. The van der Waals surface area contributed by atoms with E-state index in [-0.39, 0.29) is 0 Å². The fourth-order valence-electron chi connectivity index (χ4n) is 1.14. The zero-order valence-electron chi connectivity index (χ0n) is 8.41. The van der Waals surface area contributed by atoms with E-state index in [0.717, 1.165) is 0 Å². The van der Waals surface area contributed by atoms with Crippen LogP contribution in [0.3, 0.4) is 0 Å². The Bertz CT molecular complexity index is 434. The van der Waals surface area contributed by atoms with E-state index >= 15 is 0 Å². The van der Waals surface area contributed by atoms with Gasteiger partial charge in [-0.05, 0) is 18.2 Å². The molecule has 16 heavy (non-hydrogen) atoms. The first-order valence-corrected chi connectivity index (χ1v) is 5.11. The summed E-state index contributed by atoms with van der Waals surface area (Å²) in [7, 11) is 1.46. The van der Waals surface area contributed by atoms with Crippen molar-refractivity contribution in [1.82, 2.24) is 0 Å². The van der Waals surface area contributed by atoms with Crippen LogP contribution < -0.4 is 4.90 Å². The van der Waals surface area contributed by atoms with E-state index in [1.54, 1.807) is 12.1 Å². The molecular weight excluding hydrogens is 253 g/mol. The topological polar surface area (TPSA) is 57.6 Å². The number of hydrogen-bond donors (Lipinski definition) is 1. The number of amides is 1. The lowest BCUT2D eigenvalue weighted by Gasteiger charge is -2.17. The van der Waals surface area contributed by atoms with E-state index in [2.05, 4.69) is 0 Å². The molecule has 0 aliphatic heterocycles. The van der Waals surface area contributed by atoms with Gasteiger partial charge in [0, 0.05) is 12.1 Å². The number of nitrogens with zero attached hydrogens (tertiary/aromatic N) is 1. The molecule has 0 fully saturated rings. The monoisotopic (exact) mass is 261 g/mol. The van der Waals surface area contributed by atoms with Crippen molar-refractivity contribution in [2.75, 3.05) is 11.9 Å². The molecule has 0 heterocycles. The molecular formula is C10H9Cl2NO3. The van der Waals surface area contributed by atoms with Crippen LogP contribution in [-0.4, -0.2) is 24.0 Å². The number of carbonyl (C=O) groups is 2. The summed E-state index contributed by atoms with van der Waals surface area (Å²) in [6.45, 7) is 0. The van der Waals surface area contributed by atoms with Crippen molar-refractivity contribution in [3.63, 3.8) is 0 Å². The maximum Gasteiger partial charge on any atom is 0.312 e. The molecule has 1 amide bonds. The number of halogens is 2. The lowest BCUT2D eigenvalue weighted by atomic mass is 10.2. The molecule has 0 saturated heterocycles. The molecule has 86 valence electrons. The van der Waals surface area contributed by atoms with Crippen LogP contribution in [0.5, 0.6) is 0 Å². The highest BCUT2D eigenvalue weighted by molar-refractivity contribution is 6.36. The van der Waals surface area contributed by atoms with E-state index in [1.165, 1.54) is 18.0 Å². The standard InChI is InChI=1S/C10H9Cl2NO3/c1-13(9(14)5-10(15)16)8-3-2-6(11)4-7(8)12/h2-4H,5H2,1H3,(H,15,16). The van der Waals surface area contributed by atoms with Gasteiger partial charge in [-0.3, -0.25) is 9.59 Å². The molecule has 1 N–H and O–H groups in total. The summed E-state index contributed by atoms with van der Waals surface area (Å²) >= 11 is 11.6. The Hall–Kier alpha value is -1.26. The number of benzene rings is 1. The molecule has 1 aromatic carbocycles. The molecule has 6 heteroatoms. The normalized spacial score (nSPS) is 9.94. The minimum atomic E-state index is -1.18. The average molecular weight is 262 g/mol. The van der Waals surface area contributed by atoms with Gasteiger partial charge in [-0.1, -0.05) is 23.2 Å². The van der Waals surface area contributed by atoms with Gasteiger partial charge in [0.05, 0.1) is 10.7 Å². The van der Waals surface area contributed by atoms with Crippen LogP contribution in [-0.2, 0) is 9.59 Å². The predicted molar refractivity (Wildman–Crippen MR) is 62.1 cm³/mol. The van der Waals surface area contributed by atoms with Gasteiger partial charge < -0.3 is 10.0 Å². The Labute approximate surface area is 102 Å². The third-order valence-electron chi connectivity index (χ3n) is 1.95. The largest absolute Gasteiger partial charge is 0.481 e. The van der Waals surface area contributed by atoms with Crippen LogP contribution >= 0.6 is 23.2 Å². The van der Waals surface area contributed by atoms with Crippen LogP contribution in [0.4, 0.5) is 5.69 Å². The van der Waals surface area contributed by atoms with E-state index in [0.29, 0.717) is 15.7 Å². The zero-order chi connectivity index (χ0) is 12.3. The van der Waals surface area contributed by atoms with Crippen molar-refractivity contribution in [2.24, 2.45) is 0 Å². The molecule has 1 rings (SSSR count). The predicted octanol–water partition coefficient (Wildman–Crippen LogP) is 2.43. The van der Waals surface area contributed by atoms with Crippen molar-refractivity contribution in [1.29, 1.82) is 0 Å². The number of anilines is 1. The van der Waals surface area contributed by atoms with E-state index in [1.807, 2.05) is 0 Å². The minimum Gasteiger partial charge on any atom is -0.481 e. The van der Waals surface area contributed by atoms with Crippen molar-refractivity contribution in [3.8, 4) is 0 Å². The smallest absolute Gasteiger partial charge is 0.312 e. The van der Waals surface area contributed by atoms with Gasteiger partial charge in [0.2, 0.25) is 5.91 Å². The fourth-order valence-corrected chi connectivity index (χ4v) is 1.67. The van der Waals surface area contributed by atoms with Crippen LogP contribution in [0.1, 0.15) is 6.42 Å². The molecule has 0 spiro atoms. The average Bonchev–Trinajstić information content (AvgIpc) is 2.15. The molecule has 0 aromatic heterocycles. The molecule has 0 atom stereocenters. The second kappa shape index (κ2) is 5.18. The van der Waals surface area contributed by atoms with E-state index < -0.39 is 18.3 Å². The summed E-state index contributed by atoms with van der Waals surface area (Å²) in [5, 5.41) is 9.24. The third kappa shape index (κ3) is 3.12. The Balaban J connectivity index is 2.91. The molecule has 0 radical (unpaired) electrons. The molecule has 4 nitrogen and oxygen atoms in total. The van der Waals surface area contributed by atoms with Gasteiger partial charge in [0.1, 0.15) is 6.42 Å². The summed E-state index contributed by atoms with van der Waals surface area (Å²) in [5.41, 5.74) is 0.428. The van der Waals surface area contributed by atoms with Gasteiger partial charge in [-0.2, -0.15) is 0 Å². The van der Waals surface area contributed by atoms with E-state index in [9.17, 15) is 9.59 Å². The quantitative estimate of drug-likeness (QED) is 0.851. The lowest BCUT2D eigenvalue weighted by molar-refractivity contribution is -0.140. The summed E-state index contributed by atoms with van der Waals surface area (Å²) < 4.78 is 0. The first-order valence-electron chi connectivity index (χ1n) is 4.35. The second-order valence-electron chi connectivity index (χ2n) is 3.12. The number of carboxylic acid groups (broad SMARTS) is 1. The first-order chi connectivity index (χ1) is 7.41. The molecule has 1 aromatic rings.